The molecule has 0 aliphatic carbocycles. The average molecular weight is 461 g/mol. The number of aryl methyl sites for hydroxylation is 1. The summed E-state index contributed by atoms with van der Waals surface area (Å²) in [5.74, 6) is -0.794. The van der Waals surface area contributed by atoms with Crippen molar-refractivity contribution in [2.75, 3.05) is 6.61 Å². The Kier molecular flexibility index (Phi) is 5.76. The smallest absolute Gasteiger partial charge is 0.329 e. The van der Waals surface area contributed by atoms with Crippen LogP contribution in [0.4, 0.5) is 0 Å². The maximum absolute atomic E-state index is 13.2. The molecule has 0 spiro atoms. The molecule has 0 radical (unpaired) electrons. The first-order valence-electron chi connectivity index (χ1n) is 8.51. The number of carbonyl (C=O) groups is 2. The van der Waals surface area contributed by atoms with Gasteiger partial charge in [0.2, 0.25) is 0 Å². The lowest BCUT2D eigenvalue weighted by Gasteiger charge is -2.22. The summed E-state index contributed by atoms with van der Waals surface area (Å²) in [6.07, 6.45) is 1.66. The van der Waals surface area contributed by atoms with Crippen LogP contribution in [-0.2, 0) is 9.53 Å². The van der Waals surface area contributed by atoms with Crippen LogP contribution in [0.5, 0.6) is 0 Å². The van der Waals surface area contributed by atoms with Crippen LogP contribution in [0.3, 0.4) is 0 Å². The number of carbonyl (C=O) groups excluding carboxylic acids is 2. The summed E-state index contributed by atoms with van der Waals surface area (Å²) in [4.78, 5) is 25.6. The molecule has 26 heavy (non-hydrogen) atoms. The first-order valence-corrected chi connectivity index (χ1v) is 9.59. The molecule has 3 rings (SSSR count). The molecule has 0 bridgehead atoms. The average Bonchev–Trinajstić information content (AvgIpc) is 3.07. The largest absolute Gasteiger partial charge is 0.464 e. The van der Waals surface area contributed by atoms with Crippen molar-refractivity contribution in [3.05, 3.63) is 80.6 Å². The van der Waals surface area contributed by atoms with E-state index < -0.39 is 6.04 Å². The Labute approximate surface area is 166 Å². The number of ether oxygens (including phenoxy) is 1. The molecule has 0 fully saturated rings. The highest BCUT2D eigenvalue weighted by Crippen LogP contribution is 2.35. The summed E-state index contributed by atoms with van der Waals surface area (Å²) in [5, 5.41) is 3.06. The number of Topliss-reactive ketones (excluding diaryl/α,β-unsaturated/α-hetero) is 1. The summed E-state index contributed by atoms with van der Waals surface area (Å²) >= 11 is 2.16. The molecule has 4 nitrogen and oxygen atoms in total. The van der Waals surface area contributed by atoms with E-state index in [1.807, 2.05) is 55.5 Å². The Morgan fingerprint density at radius 3 is 2.46 bits per heavy atom. The Hall–Kier alpha value is -2.15. The van der Waals surface area contributed by atoms with Crippen molar-refractivity contribution in [3.63, 3.8) is 0 Å². The Balaban J connectivity index is 2.00. The molecule has 2 aromatic rings. The van der Waals surface area contributed by atoms with Crippen molar-refractivity contribution in [1.29, 1.82) is 0 Å². The SMILES string of the molecule is CCOC(=O)C1NC=C(C(=O)c2ccccc2I)C1c1ccc(C)cc1. The minimum atomic E-state index is -0.599. The minimum Gasteiger partial charge on any atom is -0.464 e. The molecule has 2 atom stereocenters. The van der Waals surface area contributed by atoms with E-state index in [0.29, 0.717) is 17.7 Å². The number of hydrogen-bond acceptors (Lipinski definition) is 4. The number of rotatable bonds is 5. The molecule has 0 amide bonds. The van der Waals surface area contributed by atoms with Crippen molar-refractivity contribution in [2.24, 2.45) is 0 Å². The van der Waals surface area contributed by atoms with Crippen LogP contribution >= 0.6 is 22.6 Å². The standard InChI is InChI=1S/C21H20INO3/c1-3-26-21(25)19-18(14-10-8-13(2)9-11-14)16(12-23-19)20(24)15-6-4-5-7-17(15)22/h4-12,18-19,23H,3H2,1-2H3. The zero-order valence-electron chi connectivity index (χ0n) is 14.7. The van der Waals surface area contributed by atoms with Gasteiger partial charge >= 0.3 is 5.97 Å². The van der Waals surface area contributed by atoms with Crippen molar-refractivity contribution >= 4 is 34.3 Å². The molecule has 0 saturated carbocycles. The van der Waals surface area contributed by atoms with Gasteiger partial charge in [0, 0.05) is 26.8 Å². The second-order valence-electron chi connectivity index (χ2n) is 6.19. The first kappa shape index (κ1) is 18.6. The van der Waals surface area contributed by atoms with Crippen LogP contribution < -0.4 is 5.32 Å². The van der Waals surface area contributed by atoms with E-state index >= 15 is 0 Å². The molecule has 1 heterocycles. The van der Waals surface area contributed by atoms with Gasteiger partial charge in [-0.1, -0.05) is 42.0 Å². The van der Waals surface area contributed by atoms with E-state index in [1.54, 1.807) is 13.1 Å². The number of nitrogens with one attached hydrogen (secondary N) is 1. The van der Waals surface area contributed by atoms with Crippen molar-refractivity contribution < 1.29 is 14.3 Å². The van der Waals surface area contributed by atoms with Crippen molar-refractivity contribution in [2.45, 2.75) is 25.8 Å². The third kappa shape index (κ3) is 3.67. The molecule has 1 N–H and O–H groups in total. The van der Waals surface area contributed by atoms with Gasteiger partial charge in [-0.2, -0.15) is 0 Å². The summed E-state index contributed by atoms with van der Waals surface area (Å²) < 4.78 is 6.10. The van der Waals surface area contributed by atoms with Gasteiger partial charge in [-0.3, -0.25) is 4.79 Å². The molecule has 5 heteroatoms. The highest BCUT2D eigenvalue weighted by atomic mass is 127. The highest BCUT2D eigenvalue weighted by Gasteiger charge is 2.40. The quantitative estimate of drug-likeness (QED) is 0.416. The Morgan fingerprint density at radius 1 is 1.12 bits per heavy atom. The van der Waals surface area contributed by atoms with Gasteiger partial charge in [0.1, 0.15) is 6.04 Å². The van der Waals surface area contributed by atoms with Gasteiger partial charge < -0.3 is 10.1 Å². The Morgan fingerprint density at radius 2 is 1.81 bits per heavy atom. The summed E-state index contributed by atoms with van der Waals surface area (Å²) in [6, 6.07) is 14.8. The van der Waals surface area contributed by atoms with Crippen LogP contribution in [-0.4, -0.2) is 24.4 Å². The third-order valence-corrected chi connectivity index (χ3v) is 5.39. The van der Waals surface area contributed by atoms with Crippen LogP contribution in [0.15, 0.2) is 60.3 Å². The number of esters is 1. The van der Waals surface area contributed by atoms with Gasteiger partial charge in [0.15, 0.2) is 5.78 Å². The number of ketones is 1. The molecule has 2 aromatic carbocycles. The highest BCUT2D eigenvalue weighted by molar-refractivity contribution is 14.1. The fraction of sp³-hybridized carbons (Fsp3) is 0.238. The fourth-order valence-corrected chi connectivity index (χ4v) is 3.77. The maximum Gasteiger partial charge on any atom is 0.329 e. The van der Waals surface area contributed by atoms with E-state index in [0.717, 1.165) is 14.7 Å². The van der Waals surface area contributed by atoms with Gasteiger partial charge in [0.25, 0.3) is 0 Å². The van der Waals surface area contributed by atoms with Crippen molar-refractivity contribution in [3.8, 4) is 0 Å². The normalized spacial score (nSPS) is 18.8. The monoisotopic (exact) mass is 461 g/mol. The predicted octanol–water partition coefficient (Wildman–Crippen LogP) is 3.98. The summed E-state index contributed by atoms with van der Waals surface area (Å²) in [7, 11) is 0. The number of benzene rings is 2. The molecule has 1 aliphatic rings. The lowest BCUT2D eigenvalue weighted by Crippen LogP contribution is -2.37. The Bertz CT molecular complexity index is 858. The van der Waals surface area contributed by atoms with E-state index in [4.69, 9.17) is 4.74 Å². The van der Waals surface area contributed by atoms with Crippen LogP contribution in [0.25, 0.3) is 0 Å². The van der Waals surface area contributed by atoms with E-state index in [2.05, 4.69) is 27.9 Å². The number of hydrogen-bond donors (Lipinski definition) is 1. The maximum atomic E-state index is 13.2. The van der Waals surface area contributed by atoms with Crippen LogP contribution in [0.2, 0.25) is 0 Å². The van der Waals surface area contributed by atoms with E-state index in [9.17, 15) is 9.59 Å². The van der Waals surface area contributed by atoms with Crippen LogP contribution in [0.1, 0.15) is 34.3 Å². The van der Waals surface area contributed by atoms with Gasteiger partial charge in [-0.05, 0) is 54.1 Å². The molecule has 2 unspecified atom stereocenters. The second-order valence-corrected chi connectivity index (χ2v) is 7.36. The van der Waals surface area contributed by atoms with Crippen LogP contribution in [0, 0.1) is 10.5 Å². The molecule has 0 aromatic heterocycles. The first-order chi connectivity index (χ1) is 12.5. The molecular weight excluding hydrogens is 441 g/mol. The third-order valence-electron chi connectivity index (χ3n) is 4.44. The zero-order valence-corrected chi connectivity index (χ0v) is 16.8. The molecule has 1 aliphatic heterocycles. The van der Waals surface area contributed by atoms with Gasteiger partial charge in [0.05, 0.1) is 6.61 Å². The number of halogens is 1. The second kappa shape index (κ2) is 8.03. The lowest BCUT2D eigenvalue weighted by atomic mass is 9.84. The summed E-state index contributed by atoms with van der Waals surface area (Å²) in [5.41, 5.74) is 3.27. The van der Waals surface area contributed by atoms with Gasteiger partial charge in [-0.25, -0.2) is 4.79 Å². The summed E-state index contributed by atoms with van der Waals surface area (Å²) in [6.45, 7) is 4.09. The molecule has 134 valence electrons. The van der Waals surface area contributed by atoms with E-state index in [1.165, 1.54) is 0 Å². The lowest BCUT2D eigenvalue weighted by molar-refractivity contribution is -0.145. The zero-order chi connectivity index (χ0) is 18.7. The topological polar surface area (TPSA) is 55.4 Å². The molecular formula is C21H20INO3. The fourth-order valence-electron chi connectivity index (χ4n) is 3.13. The predicted molar refractivity (Wildman–Crippen MR) is 109 cm³/mol. The molecule has 0 saturated heterocycles. The van der Waals surface area contributed by atoms with Gasteiger partial charge in [-0.15, -0.1) is 0 Å². The van der Waals surface area contributed by atoms with Crippen molar-refractivity contribution in [1.82, 2.24) is 5.32 Å². The minimum absolute atomic E-state index is 0.0696. The van der Waals surface area contributed by atoms with E-state index in [-0.39, 0.29) is 17.7 Å².